The molecule has 1 saturated heterocycles. The van der Waals surface area contributed by atoms with Crippen molar-refractivity contribution in [3.63, 3.8) is 0 Å². The highest BCUT2D eigenvalue weighted by molar-refractivity contribution is 5.79. The van der Waals surface area contributed by atoms with Gasteiger partial charge in [-0.05, 0) is 6.42 Å². The van der Waals surface area contributed by atoms with Crippen molar-refractivity contribution in [3.8, 4) is 0 Å². The maximum atomic E-state index is 7.57. The Morgan fingerprint density at radius 2 is 2.45 bits per heavy atom. The molecule has 0 aromatic rings. The third-order valence-electron chi connectivity index (χ3n) is 2.19. The van der Waals surface area contributed by atoms with Crippen molar-refractivity contribution >= 4 is 5.84 Å². The first-order chi connectivity index (χ1) is 5.27. The topological polar surface area (TPSA) is 36.3 Å². The molecule has 11 heavy (non-hydrogen) atoms. The molecule has 0 aromatic carbocycles. The average Bonchev–Trinajstić information content (AvgIpc) is 2.50. The van der Waals surface area contributed by atoms with Crippen LogP contribution >= 0.6 is 0 Å². The van der Waals surface area contributed by atoms with E-state index in [-0.39, 0.29) is 0 Å². The van der Waals surface area contributed by atoms with Gasteiger partial charge in [0.25, 0.3) is 0 Å². The van der Waals surface area contributed by atoms with Crippen LogP contribution in [0.25, 0.3) is 0 Å². The summed E-state index contributed by atoms with van der Waals surface area (Å²) in [5, 5.41) is 7.57. The molecule has 1 aliphatic heterocycles. The lowest BCUT2D eigenvalue weighted by molar-refractivity contribution is 0.114. The molecule has 1 heterocycles. The monoisotopic (exact) mass is 156 g/mol. The molecule has 1 aliphatic rings. The number of ether oxygens (including phenoxy) is 1. The van der Waals surface area contributed by atoms with Crippen molar-refractivity contribution in [2.75, 3.05) is 20.2 Å². The molecule has 0 saturated carbocycles. The molecule has 1 fully saturated rings. The second-order valence-electron chi connectivity index (χ2n) is 2.89. The average molecular weight is 156 g/mol. The number of rotatable bonds is 2. The third kappa shape index (κ3) is 1.93. The lowest BCUT2D eigenvalue weighted by Gasteiger charge is -2.17. The minimum atomic E-state index is 0.349. The van der Waals surface area contributed by atoms with E-state index in [9.17, 15) is 0 Å². The minimum Gasteiger partial charge on any atom is -0.380 e. The number of nitrogens with one attached hydrogen (secondary N) is 1. The molecule has 0 aliphatic carbocycles. The number of likely N-dealkylation sites (tertiary alicyclic amines) is 1. The second kappa shape index (κ2) is 3.72. The van der Waals surface area contributed by atoms with Crippen molar-refractivity contribution in [2.24, 2.45) is 0 Å². The van der Waals surface area contributed by atoms with Gasteiger partial charge < -0.3 is 9.64 Å². The molecule has 64 valence electrons. The van der Waals surface area contributed by atoms with Gasteiger partial charge >= 0.3 is 0 Å². The zero-order valence-corrected chi connectivity index (χ0v) is 7.26. The van der Waals surface area contributed by atoms with Gasteiger partial charge in [0, 0.05) is 26.6 Å². The van der Waals surface area contributed by atoms with Crippen LogP contribution in [0.5, 0.6) is 0 Å². The van der Waals surface area contributed by atoms with Crippen LogP contribution in [0.1, 0.15) is 19.8 Å². The zero-order chi connectivity index (χ0) is 8.27. The highest BCUT2D eigenvalue weighted by Gasteiger charge is 2.22. The lowest BCUT2D eigenvalue weighted by Crippen LogP contribution is -2.28. The number of methoxy groups -OCH3 is 1. The molecule has 3 heteroatoms. The highest BCUT2D eigenvalue weighted by Crippen LogP contribution is 2.12. The Morgan fingerprint density at radius 3 is 2.91 bits per heavy atom. The van der Waals surface area contributed by atoms with Crippen LogP contribution in [-0.2, 0) is 4.74 Å². The molecule has 0 spiro atoms. The summed E-state index contributed by atoms with van der Waals surface area (Å²) in [4.78, 5) is 2.09. The van der Waals surface area contributed by atoms with E-state index in [0.29, 0.717) is 6.10 Å². The van der Waals surface area contributed by atoms with Gasteiger partial charge in [-0.25, -0.2) is 0 Å². The van der Waals surface area contributed by atoms with Crippen LogP contribution in [0.3, 0.4) is 0 Å². The van der Waals surface area contributed by atoms with Crippen molar-refractivity contribution in [3.05, 3.63) is 0 Å². The molecular formula is C8H16N2O. The zero-order valence-electron chi connectivity index (χ0n) is 7.26. The fraction of sp³-hybridized carbons (Fsp3) is 0.875. The maximum absolute atomic E-state index is 7.57. The number of hydrogen-bond acceptors (Lipinski definition) is 2. The number of hydrogen-bond donors (Lipinski definition) is 1. The van der Waals surface area contributed by atoms with Crippen LogP contribution in [0.2, 0.25) is 0 Å². The normalized spacial score (nSPS) is 24.2. The van der Waals surface area contributed by atoms with Crippen LogP contribution in [-0.4, -0.2) is 37.0 Å². The molecule has 1 N–H and O–H groups in total. The van der Waals surface area contributed by atoms with Gasteiger partial charge in [-0.3, -0.25) is 5.41 Å². The fourth-order valence-corrected chi connectivity index (χ4v) is 1.39. The third-order valence-corrected chi connectivity index (χ3v) is 2.19. The van der Waals surface area contributed by atoms with E-state index in [0.717, 1.165) is 31.8 Å². The van der Waals surface area contributed by atoms with Gasteiger partial charge in [0.15, 0.2) is 0 Å². The van der Waals surface area contributed by atoms with Crippen LogP contribution in [0.4, 0.5) is 0 Å². The molecule has 0 bridgehead atoms. The summed E-state index contributed by atoms with van der Waals surface area (Å²) in [6.07, 6.45) is 2.25. The predicted octanol–water partition coefficient (Wildman–Crippen LogP) is 1.09. The predicted molar refractivity (Wildman–Crippen MR) is 45.0 cm³/mol. The first kappa shape index (κ1) is 8.53. The summed E-state index contributed by atoms with van der Waals surface area (Å²) < 4.78 is 5.20. The van der Waals surface area contributed by atoms with E-state index < -0.39 is 0 Å². The molecule has 1 rings (SSSR count). The van der Waals surface area contributed by atoms with Gasteiger partial charge in [-0.1, -0.05) is 6.92 Å². The van der Waals surface area contributed by atoms with E-state index in [1.807, 2.05) is 6.92 Å². The van der Waals surface area contributed by atoms with Crippen LogP contribution < -0.4 is 0 Å². The van der Waals surface area contributed by atoms with Crippen molar-refractivity contribution in [1.29, 1.82) is 5.41 Å². The Balaban J connectivity index is 2.35. The summed E-state index contributed by atoms with van der Waals surface area (Å²) in [5.74, 6) is 0.740. The summed E-state index contributed by atoms with van der Waals surface area (Å²) in [6, 6.07) is 0. The molecule has 1 unspecified atom stereocenters. The summed E-state index contributed by atoms with van der Waals surface area (Å²) in [6.45, 7) is 3.91. The quantitative estimate of drug-likeness (QED) is 0.480. The van der Waals surface area contributed by atoms with Gasteiger partial charge in [0.1, 0.15) is 0 Å². The largest absolute Gasteiger partial charge is 0.380 e. The van der Waals surface area contributed by atoms with Crippen molar-refractivity contribution in [2.45, 2.75) is 25.9 Å². The maximum Gasteiger partial charge on any atom is 0.0955 e. The molecular weight excluding hydrogens is 140 g/mol. The SMILES string of the molecule is CCC(=N)N1CCC(OC)C1. The first-order valence-corrected chi connectivity index (χ1v) is 4.13. The minimum absolute atomic E-state index is 0.349. The Kier molecular flexibility index (Phi) is 2.88. The number of amidine groups is 1. The Bertz CT molecular complexity index is 147. The molecule has 0 radical (unpaired) electrons. The fourth-order valence-electron chi connectivity index (χ4n) is 1.39. The smallest absolute Gasteiger partial charge is 0.0955 e. The summed E-state index contributed by atoms with van der Waals surface area (Å²) >= 11 is 0. The van der Waals surface area contributed by atoms with Gasteiger partial charge in [0.2, 0.25) is 0 Å². The van der Waals surface area contributed by atoms with Crippen molar-refractivity contribution in [1.82, 2.24) is 4.90 Å². The summed E-state index contributed by atoms with van der Waals surface area (Å²) in [7, 11) is 1.74. The van der Waals surface area contributed by atoms with Gasteiger partial charge in [0.05, 0.1) is 11.9 Å². The van der Waals surface area contributed by atoms with Gasteiger partial charge in [-0.2, -0.15) is 0 Å². The second-order valence-corrected chi connectivity index (χ2v) is 2.89. The van der Waals surface area contributed by atoms with E-state index >= 15 is 0 Å². The standard InChI is InChI=1S/C8H16N2O/c1-3-8(9)10-5-4-7(6-10)11-2/h7,9H,3-6H2,1-2H3. The van der Waals surface area contributed by atoms with Gasteiger partial charge in [-0.15, -0.1) is 0 Å². The molecule has 1 atom stereocenters. The number of nitrogens with zero attached hydrogens (tertiary/aromatic N) is 1. The van der Waals surface area contributed by atoms with E-state index in [2.05, 4.69) is 4.90 Å². The molecule has 0 aromatic heterocycles. The Morgan fingerprint density at radius 1 is 1.73 bits per heavy atom. The van der Waals surface area contributed by atoms with E-state index in [4.69, 9.17) is 10.1 Å². The Hall–Kier alpha value is -0.570. The lowest BCUT2D eigenvalue weighted by atomic mass is 10.3. The first-order valence-electron chi connectivity index (χ1n) is 4.13. The highest BCUT2D eigenvalue weighted by atomic mass is 16.5. The summed E-state index contributed by atoms with van der Waals surface area (Å²) in [5.41, 5.74) is 0. The Labute approximate surface area is 67.8 Å². The van der Waals surface area contributed by atoms with Crippen LogP contribution in [0.15, 0.2) is 0 Å². The molecule has 0 amide bonds. The van der Waals surface area contributed by atoms with Crippen molar-refractivity contribution < 1.29 is 4.74 Å². The van der Waals surface area contributed by atoms with E-state index in [1.165, 1.54) is 0 Å². The molecule has 3 nitrogen and oxygen atoms in total. The van der Waals surface area contributed by atoms with Crippen LogP contribution in [0, 0.1) is 5.41 Å². The van der Waals surface area contributed by atoms with E-state index in [1.54, 1.807) is 7.11 Å².